The van der Waals surface area contributed by atoms with Crippen LogP contribution in [0.25, 0.3) is 0 Å². The van der Waals surface area contributed by atoms with Gasteiger partial charge in [0, 0.05) is 13.1 Å². The molecule has 0 spiro atoms. The second-order valence-electron chi connectivity index (χ2n) is 5.73. The van der Waals surface area contributed by atoms with E-state index in [2.05, 4.69) is 5.32 Å². The van der Waals surface area contributed by atoms with Gasteiger partial charge in [-0.2, -0.15) is 0 Å². The van der Waals surface area contributed by atoms with Crippen molar-refractivity contribution in [3.8, 4) is 5.75 Å². The van der Waals surface area contributed by atoms with Gasteiger partial charge in [-0.1, -0.05) is 12.1 Å². The van der Waals surface area contributed by atoms with Gasteiger partial charge < -0.3 is 15.0 Å². The van der Waals surface area contributed by atoms with Gasteiger partial charge in [-0.05, 0) is 24.1 Å². The largest absolute Gasteiger partial charge is 0.497 e. The molecule has 7 heteroatoms. The van der Waals surface area contributed by atoms with Crippen molar-refractivity contribution in [3.05, 3.63) is 29.8 Å². The molecule has 0 bridgehead atoms. The lowest BCUT2D eigenvalue weighted by atomic mass is 10.1. The highest BCUT2D eigenvalue weighted by Crippen LogP contribution is 2.20. The molecular weight excluding hydrogens is 298 g/mol. The molecule has 2 saturated heterocycles. The van der Waals surface area contributed by atoms with Crippen molar-refractivity contribution in [2.24, 2.45) is 0 Å². The Balaban J connectivity index is 1.61. The van der Waals surface area contributed by atoms with E-state index in [1.54, 1.807) is 12.0 Å². The van der Waals surface area contributed by atoms with Gasteiger partial charge in [-0.3, -0.25) is 14.5 Å². The molecule has 3 rings (SSSR count). The fraction of sp³-hybridized carbons (Fsp3) is 0.438. The standard InChI is InChI=1S/C16H19N3O4/c1-23-13-4-2-3-11(7-13)8-14(20)18-6-5-12(10-18)19-15(21)9-17-16(19)22/h2-4,7,12H,5-6,8-10H2,1H3,(H,17,22). The summed E-state index contributed by atoms with van der Waals surface area (Å²) in [6.45, 7) is 1.01. The lowest BCUT2D eigenvalue weighted by Crippen LogP contribution is -2.43. The number of likely N-dealkylation sites (tertiary alicyclic amines) is 1. The van der Waals surface area contributed by atoms with Crippen molar-refractivity contribution < 1.29 is 19.1 Å². The summed E-state index contributed by atoms with van der Waals surface area (Å²) >= 11 is 0. The molecule has 1 atom stereocenters. The Morgan fingerprint density at radius 1 is 1.39 bits per heavy atom. The number of ether oxygens (including phenoxy) is 1. The smallest absolute Gasteiger partial charge is 0.324 e. The van der Waals surface area contributed by atoms with Gasteiger partial charge in [0.15, 0.2) is 0 Å². The normalized spacial score (nSPS) is 20.8. The molecule has 1 N–H and O–H groups in total. The van der Waals surface area contributed by atoms with Gasteiger partial charge in [0.05, 0.1) is 26.1 Å². The molecule has 4 amide bonds. The number of rotatable bonds is 4. The Labute approximate surface area is 134 Å². The average Bonchev–Trinajstić information content (AvgIpc) is 3.14. The van der Waals surface area contributed by atoms with E-state index in [9.17, 15) is 14.4 Å². The molecule has 7 nitrogen and oxygen atoms in total. The SMILES string of the molecule is COc1cccc(CC(=O)N2CCC(N3C(=O)CNC3=O)C2)c1. The van der Waals surface area contributed by atoms with E-state index in [0.717, 1.165) is 5.56 Å². The van der Waals surface area contributed by atoms with E-state index in [1.807, 2.05) is 24.3 Å². The Morgan fingerprint density at radius 2 is 2.22 bits per heavy atom. The minimum atomic E-state index is -0.359. The van der Waals surface area contributed by atoms with Crippen LogP contribution >= 0.6 is 0 Å². The van der Waals surface area contributed by atoms with Crippen LogP contribution in [-0.4, -0.2) is 60.4 Å². The average molecular weight is 317 g/mol. The van der Waals surface area contributed by atoms with Gasteiger partial charge >= 0.3 is 6.03 Å². The first-order valence-electron chi connectivity index (χ1n) is 7.59. The van der Waals surface area contributed by atoms with Crippen LogP contribution in [0.5, 0.6) is 5.75 Å². The lowest BCUT2D eigenvalue weighted by Gasteiger charge is -2.21. The molecule has 0 aromatic heterocycles. The van der Waals surface area contributed by atoms with Crippen LogP contribution in [-0.2, 0) is 16.0 Å². The molecule has 2 heterocycles. The molecule has 122 valence electrons. The van der Waals surface area contributed by atoms with Gasteiger partial charge in [0.1, 0.15) is 5.75 Å². The Hall–Kier alpha value is -2.57. The number of hydrogen-bond acceptors (Lipinski definition) is 4. The van der Waals surface area contributed by atoms with Crippen molar-refractivity contribution in [2.75, 3.05) is 26.7 Å². The third-order valence-corrected chi connectivity index (χ3v) is 4.25. The van der Waals surface area contributed by atoms with Gasteiger partial charge in [-0.25, -0.2) is 4.79 Å². The van der Waals surface area contributed by atoms with Crippen LogP contribution in [0.1, 0.15) is 12.0 Å². The van der Waals surface area contributed by atoms with E-state index in [0.29, 0.717) is 25.3 Å². The number of amides is 4. The van der Waals surface area contributed by atoms with Crippen molar-refractivity contribution >= 4 is 17.8 Å². The van der Waals surface area contributed by atoms with Crippen LogP contribution in [0.15, 0.2) is 24.3 Å². The summed E-state index contributed by atoms with van der Waals surface area (Å²) in [5.74, 6) is 0.490. The highest BCUT2D eigenvalue weighted by atomic mass is 16.5. The summed E-state index contributed by atoms with van der Waals surface area (Å²) in [5, 5.41) is 2.51. The maximum Gasteiger partial charge on any atom is 0.324 e. The summed E-state index contributed by atoms with van der Waals surface area (Å²) in [4.78, 5) is 38.8. The van der Waals surface area contributed by atoms with E-state index in [4.69, 9.17) is 4.74 Å². The van der Waals surface area contributed by atoms with E-state index < -0.39 is 0 Å². The Morgan fingerprint density at radius 3 is 2.91 bits per heavy atom. The second-order valence-corrected chi connectivity index (χ2v) is 5.73. The number of nitrogens with one attached hydrogen (secondary N) is 1. The third-order valence-electron chi connectivity index (χ3n) is 4.25. The van der Waals surface area contributed by atoms with Crippen molar-refractivity contribution in [2.45, 2.75) is 18.9 Å². The number of nitrogens with zero attached hydrogens (tertiary/aromatic N) is 2. The van der Waals surface area contributed by atoms with Crippen molar-refractivity contribution in [1.29, 1.82) is 0 Å². The zero-order valence-electron chi connectivity index (χ0n) is 12.9. The lowest BCUT2D eigenvalue weighted by molar-refractivity contribution is -0.131. The van der Waals surface area contributed by atoms with E-state index >= 15 is 0 Å². The fourth-order valence-corrected chi connectivity index (χ4v) is 3.05. The van der Waals surface area contributed by atoms with Crippen LogP contribution in [0, 0.1) is 0 Å². The zero-order chi connectivity index (χ0) is 16.4. The number of methoxy groups -OCH3 is 1. The summed E-state index contributed by atoms with van der Waals surface area (Å²) in [6, 6.07) is 6.81. The number of hydrogen-bond donors (Lipinski definition) is 1. The first-order chi connectivity index (χ1) is 11.1. The summed E-state index contributed by atoms with van der Waals surface area (Å²) < 4.78 is 5.16. The highest BCUT2D eigenvalue weighted by molar-refractivity contribution is 6.02. The predicted molar refractivity (Wildman–Crippen MR) is 81.9 cm³/mol. The molecule has 2 fully saturated rings. The second kappa shape index (κ2) is 6.28. The van der Waals surface area contributed by atoms with E-state index in [-0.39, 0.29) is 36.9 Å². The quantitative estimate of drug-likeness (QED) is 0.815. The number of imide groups is 1. The fourth-order valence-electron chi connectivity index (χ4n) is 3.05. The highest BCUT2D eigenvalue weighted by Gasteiger charge is 2.39. The monoisotopic (exact) mass is 317 g/mol. The maximum atomic E-state index is 12.4. The molecule has 23 heavy (non-hydrogen) atoms. The third kappa shape index (κ3) is 3.13. The van der Waals surface area contributed by atoms with Crippen molar-refractivity contribution in [1.82, 2.24) is 15.1 Å². The number of carbonyl (C=O) groups is 3. The number of carbonyl (C=O) groups excluding carboxylic acids is 3. The maximum absolute atomic E-state index is 12.4. The van der Waals surface area contributed by atoms with Crippen molar-refractivity contribution in [3.63, 3.8) is 0 Å². The van der Waals surface area contributed by atoms with Crippen LogP contribution in [0.4, 0.5) is 4.79 Å². The molecule has 0 aliphatic carbocycles. The zero-order valence-corrected chi connectivity index (χ0v) is 12.9. The first kappa shape index (κ1) is 15.3. The minimum Gasteiger partial charge on any atom is -0.497 e. The molecule has 1 unspecified atom stereocenters. The topological polar surface area (TPSA) is 79.0 Å². The van der Waals surface area contributed by atoms with Crippen LogP contribution in [0.2, 0.25) is 0 Å². The first-order valence-corrected chi connectivity index (χ1v) is 7.59. The molecule has 0 saturated carbocycles. The Kier molecular flexibility index (Phi) is 4.18. The number of benzene rings is 1. The predicted octanol–water partition coefficient (Wildman–Crippen LogP) is 0.390. The molecule has 2 aliphatic rings. The summed E-state index contributed by atoms with van der Waals surface area (Å²) in [5.41, 5.74) is 0.882. The minimum absolute atomic E-state index is 0.00666. The van der Waals surface area contributed by atoms with E-state index in [1.165, 1.54) is 4.90 Å². The number of urea groups is 1. The Bertz CT molecular complexity index is 630. The molecule has 1 aromatic carbocycles. The van der Waals surface area contributed by atoms with Gasteiger partial charge in [-0.15, -0.1) is 0 Å². The summed E-state index contributed by atoms with van der Waals surface area (Å²) in [6.07, 6.45) is 0.910. The molecule has 1 aromatic rings. The molecule has 0 radical (unpaired) electrons. The molecular formula is C16H19N3O4. The van der Waals surface area contributed by atoms with Crippen LogP contribution in [0.3, 0.4) is 0 Å². The van der Waals surface area contributed by atoms with Crippen LogP contribution < -0.4 is 10.1 Å². The summed E-state index contributed by atoms with van der Waals surface area (Å²) in [7, 11) is 1.59. The van der Waals surface area contributed by atoms with Gasteiger partial charge in [0.25, 0.3) is 0 Å². The molecule has 2 aliphatic heterocycles. The van der Waals surface area contributed by atoms with Gasteiger partial charge in [0.2, 0.25) is 11.8 Å².